The van der Waals surface area contributed by atoms with Crippen LogP contribution in [0.5, 0.6) is 0 Å². The molecule has 2 aromatic carbocycles. The number of furan rings is 1. The first kappa shape index (κ1) is 21.2. The summed E-state index contributed by atoms with van der Waals surface area (Å²) in [5, 5.41) is 1.01. The molecule has 0 N–H and O–H groups in total. The number of fused-ring (bicyclic) bond motifs is 1. The van der Waals surface area contributed by atoms with Crippen LogP contribution in [0.4, 0.5) is 0 Å². The Morgan fingerprint density at radius 2 is 1.84 bits per heavy atom. The van der Waals surface area contributed by atoms with E-state index >= 15 is 0 Å². The maximum atomic E-state index is 13.3. The molecule has 4 rings (SSSR count). The number of rotatable bonds is 6. The summed E-state index contributed by atoms with van der Waals surface area (Å²) in [5.74, 6) is 0.213. The molecule has 2 heterocycles. The zero-order chi connectivity index (χ0) is 21.8. The second kappa shape index (κ2) is 9.38. The molecule has 1 aliphatic rings. The standard InChI is InChI=1S/C26H30N2O3/c1-3-13-28(25(29)17-21-18-31-24-16-19(2)9-10-23(21)24)22-11-14-27(15-12-22)26(30)20-7-5-4-6-8-20/h4-10,16,18,22H,3,11-15,17H2,1-2H3. The summed E-state index contributed by atoms with van der Waals surface area (Å²) in [6.45, 7) is 6.24. The van der Waals surface area contributed by atoms with Gasteiger partial charge in [-0.15, -0.1) is 0 Å². The molecule has 0 radical (unpaired) electrons. The van der Waals surface area contributed by atoms with Crippen molar-refractivity contribution < 1.29 is 14.0 Å². The summed E-state index contributed by atoms with van der Waals surface area (Å²) in [6.07, 6.45) is 4.61. The lowest BCUT2D eigenvalue weighted by Crippen LogP contribution is -2.49. The highest BCUT2D eigenvalue weighted by Crippen LogP contribution is 2.25. The molecular formula is C26H30N2O3. The van der Waals surface area contributed by atoms with Crippen molar-refractivity contribution in [3.8, 4) is 0 Å². The Kier molecular flexibility index (Phi) is 6.40. The number of hydrogen-bond donors (Lipinski definition) is 0. The molecule has 1 fully saturated rings. The van der Waals surface area contributed by atoms with Gasteiger partial charge in [0.25, 0.3) is 5.91 Å². The molecule has 1 saturated heterocycles. The third kappa shape index (κ3) is 4.66. The zero-order valence-corrected chi connectivity index (χ0v) is 18.3. The summed E-state index contributed by atoms with van der Waals surface area (Å²) >= 11 is 0. The summed E-state index contributed by atoms with van der Waals surface area (Å²) < 4.78 is 5.68. The fraction of sp³-hybridized carbons (Fsp3) is 0.385. The van der Waals surface area contributed by atoms with Crippen molar-refractivity contribution in [2.45, 2.75) is 45.6 Å². The number of amides is 2. The van der Waals surface area contributed by atoms with E-state index < -0.39 is 0 Å². The van der Waals surface area contributed by atoms with Gasteiger partial charge < -0.3 is 14.2 Å². The van der Waals surface area contributed by atoms with E-state index in [1.807, 2.05) is 59.2 Å². The number of benzene rings is 2. The van der Waals surface area contributed by atoms with Gasteiger partial charge in [-0.05, 0) is 49.9 Å². The zero-order valence-electron chi connectivity index (χ0n) is 18.3. The molecule has 5 heteroatoms. The Morgan fingerprint density at radius 3 is 2.55 bits per heavy atom. The topological polar surface area (TPSA) is 53.8 Å². The number of hydrogen-bond acceptors (Lipinski definition) is 3. The normalized spacial score (nSPS) is 14.7. The monoisotopic (exact) mass is 418 g/mol. The molecule has 1 aliphatic heterocycles. The van der Waals surface area contributed by atoms with Crippen LogP contribution in [0.2, 0.25) is 0 Å². The quantitative estimate of drug-likeness (QED) is 0.576. The van der Waals surface area contributed by atoms with E-state index in [4.69, 9.17) is 4.42 Å². The Labute approximate surface area is 183 Å². The van der Waals surface area contributed by atoms with Crippen molar-refractivity contribution in [1.29, 1.82) is 0 Å². The smallest absolute Gasteiger partial charge is 0.253 e. The summed E-state index contributed by atoms with van der Waals surface area (Å²) in [5.41, 5.74) is 3.64. The van der Waals surface area contributed by atoms with Gasteiger partial charge in [0.15, 0.2) is 0 Å². The van der Waals surface area contributed by atoms with Gasteiger partial charge in [-0.1, -0.05) is 37.3 Å². The largest absolute Gasteiger partial charge is 0.464 e. The molecular weight excluding hydrogens is 388 g/mol. The van der Waals surface area contributed by atoms with Crippen LogP contribution in [0, 0.1) is 6.92 Å². The molecule has 1 aromatic heterocycles. The first-order valence-corrected chi connectivity index (χ1v) is 11.2. The summed E-state index contributed by atoms with van der Waals surface area (Å²) in [7, 11) is 0. The lowest BCUT2D eigenvalue weighted by atomic mass is 10.0. The van der Waals surface area contributed by atoms with Gasteiger partial charge in [0.1, 0.15) is 5.58 Å². The fourth-order valence-corrected chi connectivity index (χ4v) is 4.49. The maximum Gasteiger partial charge on any atom is 0.253 e. The Balaban J connectivity index is 1.41. The molecule has 0 aliphatic carbocycles. The van der Waals surface area contributed by atoms with E-state index in [9.17, 15) is 9.59 Å². The van der Waals surface area contributed by atoms with Crippen LogP contribution in [0.1, 0.15) is 47.7 Å². The van der Waals surface area contributed by atoms with Crippen LogP contribution < -0.4 is 0 Å². The lowest BCUT2D eigenvalue weighted by Gasteiger charge is -2.38. The first-order valence-electron chi connectivity index (χ1n) is 11.2. The Morgan fingerprint density at radius 1 is 1.10 bits per heavy atom. The van der Waals surface area contributed by atoms with E-state index in [0.29, 0.717) is 19.5 Å². The molecule has 0 atom stereocenters. The minimum absolute atomic E-state index is 0.0765. The number of aryl methyl sites for hydroxylation is 1. The van der Waals surface area contributed by atoms with Gasteiger partial charge in [-0.3, -0.25) is 9.59 Å². The van der Waals surface area contributed by atoms with Crippen LogP contribution in [0.15, 0.2) is 59.2 Å². The predicted octanol–water partition coefficient (Wildman–Crippen LogP) is 4.83. The fourth-order valence-electron chi connectivity index (χ4n) is 4.49. The predicted molar refractivity (Wildman–Crippen MR) is 122 cm³/mol. The average molecular weight is 419 g/mol. The van der Waals surface area contributed by atoms with Gasteiger partial charge in [-0.25, -0.2) is 0 Å². The van der Waals surface area contributed by atoms with E-state index in [-0.39, 0.29) is 17.9 Å². The molecule has 162 valence electrons. The maximum absolute atomic E-state index is 13.3. The highest BCUT2D eigenvalue weighted by Gasteiger charge is 2.30. The van der Waals surface area contributed by atoms with E-state index in [1.165, 1.54) is 0 Å². The van der Waals surface area contributed by atoms with Crippen molar-refractivity contribution in [1.82, 2.24) is 9.80 Å². The van der Waals surface area contributed by atoms with Gasteiger partial charge in [0.2, 0.25) is 5.91 Å². The van der Waals surface area contributed by atoms with Gasteiger partial charge in [-0.2, -0.15) is 0 Å². The molecule has 0 unspecified atom stereocenters. The van der Waals surface area contributed by atoms with Gasteiger partial charge in [0.05, 0.1) is 12.7 Å². The van der Waals surface area contributed by atoms with E-state index in [0.717, 1.165) is 53.5 Å². The molecule has 0 saturated carbocycles. The molecule has 2 amide bonds. The summed E-state index contributed by atoms with van der Waals surface area (Å²) in [6, 6.07) is 15.7. The second-order valence-electron chi connectivity index (χ2n) is 8.41. The van der Waals surface area contributed by atoms with E-state index in [2.05, 4.69) is 13.0 Å². The SMILES string of the molecule is CCCN(C(=O)Cc1coc2cc(C)ccc12)C1CCN(C(=O)c2ccccc2)CC1. The van der Waals surface area contributed by atoms with Crippen LogP contribution in [-0.4, -0.2) is 47.3 Å². The highest BCUT2D eigenvalue weighted by molar-refractivity contribution is 5.94. The van der Waals surface area contributed by atoms with Crippen LogP contribution in [0.3, 0.4) is 0 Å². The average Bonchev–Trinajstić information content (AvgIpc) is 3.19. The number of nitrogens with zero attached hydrogens (tertiary/aromatic N) is 2. The molecule has 0 spiro atoms. The van der Waals surface area contributed by atoms with Crippen molar-refractivity contribution in [2.24, 2.45) is 0 Å². The van der Waals surface area contributed by atoms with Crippen molar-refractivity contribution in [3.63, 3.8) is 0 Å². The van der Waals surface area contributed by atoms with Gasteiger partial charge >= 0.3 is 0 Å². The first-order chi connectivity index (χ1) is 15.1. The molecule has 0 bridgehead atoms. The minimum atomic E-state index is 0.0765. The number of carbonyl (C=O) groups excluding carboxylic acids is 2. The van der Waals surface area contributed by atoms with Crippen LogP contribution in [0.25, 0.3) is 11.0 Å². The summed E-state index contributed by atoms with van der Waals surface area (Å²) in [4.78, 5) is 29.9. The Bertz CT molecular complexity index is 1050. The van der Waals surface area contributed by atoms with Crippen LogP contribution in [-0.2, 0) is 11.2 Å². The van der Waals surface area contributed by atoms with Crippen molar-refractivity contribution >= 4 is 22.8 Å². The number of carbonyl (C=O) groups is 2. The van der Waals surface area contributed by atoms with Crippen LogP contribution >= 0.6 is 0 Å². The van der Waals surface area contributed by atoms with Crippen molar-refractivity contribution in [2.75, 3.05) is 19.6 Å². The van der Waals surface area contributed by atoms with Crippen molar-refractivity contribution in [3.05, 3.63) is 71.5 Å². The molecule has 31 heavy (non-hydrogen) atoms. The second-order valence-corrected chi connectivity index (χ2v) is 8.41. The lowest BCUT2D eigenvalue weighted by molar-refractivity contribution is -0.133. The minimum Gasteiger partial charge on any atom is -0.464 e. The third-order valence-electron chi connectivity index (χ3n) is 6.15. The number of piperidine rings is 1. The molecule has 3 aromatic rings. The third-order valence-corrected chi connectivity index (χ3v) is 6.15. The van der Waals surface area contributed by atoms with E-state index in [1.54, 1.807) is 6.26 Å². The number of likely N-dealkylation sites (tertiary alicyclic amines) is 1. The molecule has 5 nitrogen and oxygen atoms in total. The highest BCUT2D eigenvalue weighted by atomic mass is 16.3. The Hall–Kier alpha value is -3.08. The van der Waals surface area contributed by atoms with Gasteiger partial charge in [0, 0.05) is 42.2 Å².